The predicted molar refractivity (Wildman–Crippen MR) is 118 cm³/mol. The summed E-state index contributed by atoms with van der Waals surface area (Å²) in [6.07, 6.45) is 7.44. The Morgan fingerprint density at radius 1 is 1.39 bits per heavy atom. The van der Waals surface area contributed by atoms with Crippen LogP contribution in [0.1, 0.15) is 75.1 Å². The van der Waals surface area contributed by atoms with Crippen molar-refractivity contribution in [2.24, 2.45) is 0 Å². The summed E-state index contributed by atoms with van der Waals surface area (Å²) < 4.78 is 5.46. The third-order valence-electron chi connectivity index (χ3n) is 5.65. The summed E-state index contributed by atoms with van der Waals surface area (Å²) >= 11 is 6.04. The predicted octanol–water partition coefficient (Wildman–Crippen LogP) is 4.54. The Labute approximate surface area is 187 Å². The number of hydrogen-bond donors (Lipinski definition) is 1. The molecular formula is C22H31ClN2O6. The summed E-state index contributed by atoms with van der Waals surface area (Å²) in [7, 11) is 0. The molecule has 0 aliphatic heterocycles. The van der Waals surface area contributed by atoms with Crippen molar-refractivity contribution in [1.29, 1.82) is 0 Å². The van der Waals surface area contributed by atoms with E-state index >= 15 is 0 Å². The Morgan fingerprint density at radius 2 is 2.10 bits per heavy atom. The summed E-state index contributed by atoms with van der Waals surface area (Å²) in [5, 5.41) is 21.1. The second-order valence-corrected chi connectivity index (χ2v) is 8.30. The van der Waals surface area contributed by atoms with Crippen LogP contribution in [-0.4, -0.2) is 52.4 Å². The molecule has 0 aromatic heterocycles. The number of halogens is 1. The van der Waals surface area contributed by atoms with E-state index in [1.165, 1.54) is 12.5 Å². The molecule has 0 heterocycles. The first-order chi connectivity index (χ1) is 14.9. The lowest BCUT2D eigenvalue weighted by Crippen LogP contribution is -2.42. The van der Waals surface area contributed by atoms with Gasteiger partial charge in [-0.25, -0.2) is 0 Å². The molecule has 0 saturated heterocycles. The molecule has 172 valence electrons. The second kappa shape index (κ2) is 12.6. The Hall–Kier alpha value is -2.19. The van der Waals surface area contributed by atoms with Crippen molar-refractivity contribution in [2.45, 2.75) is 76.9 Å². The van der Waals surface area contributed by atoms with Crippen LogP contribution >= 0.6 is 11.6 Å². The van der Waals surface area contributed by atoms with E-state index in [-0.39, 0.29) is 41.7 Å². The van der Waals surface area contributed by atoms with Crippen molar-refractivity contribution < 1.29 is 24.4 Å². The maximum Gasteiger partial charge on any atom is 0.281 e. The number of rotatable bonds is 12. The lowest BCUT2D eigenvalue weighted by Gasteiger charge is -2.34. The first-order valence-electron chi connectivity index (χ1n) is 10.9. The smallest absolute Gasteiger partial charge is 0.281 e. The van der Waals surface area contributed by atoms with Crippen molar-refractivity contribution in [3.63, 3.8) is 0 Å². The molecule has 2 rings (SSSR count). The molecule has 31 heavy (non-hydrogen) atoms. The molecule has 1 amide bonds. The Bertz CT molecular complexity index is 767. The Balaban J connectivity index is 1.90. The molecule has 0 spiro atoms. The molecule has 1 atom stereocenters. The summed E-state index contributed by atoms with van der Waals surface area (Å²) in [4.78, 5) is 36.2. The first-order valence-corrected chi connectivity index (χ1v) is 11.3. The SMILES string of the molecule is CCCCN(C(=O)CCC(O)COc1ccc([N+](=O)[O-])c(C=O)c1Cl)C1CCCCC1. The molecule has 8 nitrogen and oxygen atoms in total. The summed E-state index contributed by atoms with van der Waals surface area (Å²) in [5.41, 5.74) is -0.679. The van der Waals surface area contributed by atoms with Gasteiger partial charge in [0.05, 0.1) is 11.0 Å². The minimum atomic E-state index is -0.908. The summed E-state index contributed by atoms with van der Waals surface area (Å²) in [6.45, 7) is 2.71. The maximum absolute atomic E-state index is 12.8. The maximum atomic E-state index is 12.8. The number of nitro benzene ring substituents is 1. The molecule has 1 aliphatic carbocycles. The molecule has 1 aromatic rings. The number of nitrogens with zero attached hydrogens (tertiary/aromatic N) is 2. The van der Waals surface area contributed by atoms with Crippen LogP contribution in [0, 0.1) is 10.1 Å². The molecule has 1 saturated carbocycles. The van der Waals surface area contributed by atoms with Crippen LogP contribution in [0.25, 0.3) is 0 Å². The minimum absolute atomic E-state index is 0.0519. The van der Waals surface area contributed by atoms with Gasteiger partial charge in [-0.05, 0) is 31.7 Å². The van der Waals surface area contributed by atoms with Crippen LogP contribution in [0.5, 0.6) is 5.75 Å². The van der Waals surface area contributed by atoms with Gasteiger partial charge >= 0.3 is 0 Å². The van der Waals surface area contributed by atoms with Crippen molar-refractivity contribution in [3.05, 3.63) is 32.8 Å². The van der Waals surface area contributed by atoms with Gasteiger partial charge in [-0.2, -0.15) is 0 Å². The van der Waals surface area contributed by atoms with Crippen LogP contribution in [0.2, 0.25) is 5.02 Å². The summed E-state index contributed by atoms with van der Waals surface area (Å²) in [5.74, 6) is 0.127. The number of hydrogen-bond acceptors (Lipinski definition) is 6. The zero-order valence-electron chi connectivity index (χ0n) is 17.9. The molecule has 9 heteroatoms. The monoisotopic (exact) mass is 454 g/mol. The van der Waals surface area contributed by atoms with E-state index in [0.717, 1.165) is 51.1 Å². The quantitative estimate of drug-likeness (QED) is 0.282. The van der Waals surface area contributed by atoms with Crippen molar-refractivity contribution in [1.82, 2.24) is 4.90 Å². The Kier molecular flexibility index (Phi) is 10.2. The molecule has 1 fully saturated rings. The number of aliphatic hydroxyl groups excluding tert-OH is 1. The lowest BCUT2D eigenvalue weighted by atomic mass is 9.93. The van der Waals surface area contributed by atoms with Gasteiger partial charge in [-0.15, -0.1) is 0 Å². The Morgan fingerprint density at radius 3 is 2.71 bits per heavy atom. The van der Waals surface area contributed by atoms with Crippen LogP contribution < -0.4 is 4.74 Å². The number of carbonyl (C=O) groups excluding carboxylic acids is 2. The van der Waals surface area contributed by atoms with Gasteiger partial charge in [0.25, 0.3) is 5.69 Å². The van der Waals surface area contributed by atoms with Gasteiger partial charge in [0.2, 0.25) is 5.91 Å². The highest BCUT2D eigenvalue weighted by Crippen LogP contribution is 2.33. The van der Waals surface area contributed by atoms with Gasteiger partial charge in [0.1, 0.15) is 22.9 Å². The third kappa shape index (κ3) is 7.18. The van der Waals surface area contributed by atoms with Gasteiger partial charge in [0.15, 0.2) is 6.29 Å². The number of carbonyl (C=O) groups is 2. The molecule has 0 radical (unpaired) electrons. The van der Waals surface area contributed by atoms with E-state index in [4.69, 9.17) is 16.3 Å². The first kappa shape index (κ1) is 25.1. The van der Waals surface area contributed by atoms with Gasteiger partial charge in [-0.1, -0.05) is 44.2 Å². The fraction of sp³-hybridized carbons (Fsp3) is 0.636. The molecule has 1 aromatic carbocycles. The van der Waals surface area contributed by atoms with Crippen LogP contribution in [0.4, 0.5) is 5.69 Å². The van der Waals surface area contributed by atoms with Crippen molar-refractivity contribution >= 4 is 29.5 Å². The van der Waals surface area contributed by atoms with Crippen LogP contribution in [-0.2, 0) is 4.79 Å². The number of aliphatic hydroxyl groups is 1. The fourth-order valence-corrected chi connectivity index (χ4v) is 4.14. The van der Waals surface area contributed by atoms with Gasteiger partial charge in [-0.3, -0.25) is 19.7 Å². The second-order valence-electron chi connectivity index (χ2n) is 7.92. The molecular weight excluding hydrogens is 424 g/mol. The largest absolute Gasteiger partial charge is 0.489 e. The standard InChI is InChI=1S/C22H31ClN2O6/c1-2-3-13-24(16-7-5-4-6-8-16)21(28)12-9-17(27)15-31-20-11-10-19(25(29)30)18(14-26)22(20)23/h10-11,14,16-17,27H,2-9,12-13,15H2,1H3. The third-order valence-corrected chi connectivity index (χ3v) is 6.04. The minimum Gasteiger partial charge on any atom is -0.489 e. The highest BCUT2D eigenvalue weighted by molar-refractivity contribution is 6.34. The lowest BCUT2D eigenvalue weighted by molar-refractivity contribution is -0.385. The normalized spacial score (nSPS) is 15.3. The number of amides is 1. The molecule has 1 unspecified atom stereocenters. The average Bonchev–Trinajstić information content (AvgIpc) is 2.77. The molecule has 1 N–H and O–H groups in total. The number of aldehydes is 1. The highest BCUT2D eigenvalue weighted by Gasteiger charge is 2.25. The number of unbranched alkanes of at least 4 members (excludes halogenated alkanes) is 1. The van der Waals surface area contributed by atoms with E-state index in [2.05, 4.69) is 6.92 Å². The van der Waals surface area contributed by atoms with Crippen molar-refractivity contribution in [2.75, 3.05) is 13.2 Å². The van der Waals surface area contributed by atoms with Crippen LogP contribution in [0.15, 0.2) is 12.1 Å². The molecule has 0 bridgehead atoms. The van der Waals surface area contributed by atoms with Crippen molar-refractivity contribution in [3.8, 4) is 5.75 Å². The fourth-order valence-electron chi connectivity index (χ4n) is 3.88. The van der Waals surface area contributed by atoms with Gasteiger partial charge in [0, 0.05) is 25.1 Å². The van der Waals surface area contributed by atoms with E-state index in [1.54, 1.807) is 0 Å². The number of nitro groups is 1. The zero-order valence-corrected chi connectivity index (χ0v) is 18.7. The average molecular weight is 455 g/mol. The zero-order chi connectivity index (χ0) is 22.8. The number of benzene rings is 1. The van der Waals surface area contributed by atoms with E-state index < -0.39 is 16.7 Å². The highest BCUT2D eigenvalue weighted by atomic mass is 35.5. The van der Waals surface area contributed by atoms with Gasteiger partial charge < -0.3 is 14.7 Å². The topological polar surface area (TPSA) is 110 Å². The van der Waals surface area contributed by atoms with E-state index in [0.29, 0.717) is 12.3 Å². The summed E-state index contributed by atoms with van der Waals surface area (Å²) in [6, 6.07) is 2.72. The van der Waals surface area contributed by atoms with E-state index in [1.807, 2.05) is 4.90 Å². The molecule has 1 aliphatic rings. The van der Waals surface area contributed by atoms with E-state index in [9.17, 15) is 24.8 Å². The van der Waals surface area contributed by atoms with Crippen LogP contribution in [0.3, 0.4) is 0 Å². The number of ether oxygens (including phenoxy) is 1.